The number of hydrogen-bond donors (Lipinski definition) is 2. The first kappa shape index (κ1) is 20.1. The van der Waals surface area contributed by atoms with Crippen LogP contribution in [0.1, 0.15) is 72.1 Å². The molecule has 0 saturated heterocycles. The molecule has 0 aliphatic rings. The molecular formula is C17H34N2O2. The molecule has 0 aromatic rings. The lowest BCUT2D eigenvalue weighted by molar-refractivity contribution is -0.122. The Bertz CT molecular complexity index is 291. The Hall–Kier alpha value is -0.900. The number of ketones is 1. The molecule has 0 aliphatic heterocycles. The van der Waals surface area contributed by atoms with Gasteiger partial charge in [-0.1, -0.05) is 33.6 Å². The van der Waals surface area contributed by atoms with Crippen LogP contribution in [-0.2, 0) is 9.59 Å². The maximum Gasteiger partial charge on any atom is 0.219 e. The average molecular weight is 298 g/mol. The van der Waals surface area contributed by atoms with E-state index >= 15 is 0 Å². The number of rotatable bonds is 13. The predicted molar refractivity (Wildman–Crippen MR) is 88.3 cm³/mol. The van der Waals surface area contributed by atoms with Gasteiger partial charge in [-0.2, -0.15) is 0 Å². The molecule has 1 amide bonds. The Morgan fingerprint density at radius 3 is 2.24 bits per heavy atom. The van der Waals surface area contributed by atoms with E-state index in [2.05, 4.69) is 24.5 Å². The Kier molecular flexibility index (Phi) is 12.3. The minimum Gasteiger partial charge on any atom is -0.356 e. The molecule has 0 bridgehead atoms. The average Bonchev–Trinajstić information content (AvgIpc) is 2.46. The molecule has 21 heavy (non-hydrogen) atoms. The van der Waals surface area contributed by atoms with E-state index in [1.165, 1.54) is 6.42 Å². The molecule has 124 valence electrons. The largest absolute Gasteiger partial charge is 0.356 e. The number of hydrogen-bond acceptors (Lipinski definition) is 3. The van der Waals surface area contributed by atoms with E-state index in [0.717, 1.165) is 44.6 Å². The Labute approximate surface area is 130 Å². The molecule has 1 atom stereocenters. The second-order valence-electron chi connectivity index (χ2n) is 6.15. The second-order valence-corrected chi connectivity index (χ2v) is 6.15. The fourth-order valence-electron chi connectivity index (χ4n) is 2.34. The number of unbranched alkanes of at least 4 members (excludes halogenated alkanes) is 2. The zero-order valence-corrected chi connectivity index (χ0v) is 14.3. The summed E-state index contributed by atoms with van der Waals surface area (Å²) in [5.41, 5.74) is 0. The van der Waals surface area contributed by atoms with Crippen molar-refractivity contribution >= 4 is 11.7 Å². The van der Waals surface area contributed by atoms with Crippen LogP contribution in [0.25, 0.3) is 0 Å². The van der Waals surface area contributed by atoms with Crippen molar-refractivity contribution in [1.82, 2.24) is 10.6 Å². The van der Waals surface area contributed by atoms with Crippen molar-refractivity contribution in [3.63, 3.8) is 0 Å². The van der Waals surface area contributed by atoms with Crippen molar-refractivity contribution in [2.75, 3.05) is 13.6 Å². The lowest BCUT2D eigenvalue weighted by atomic mass is 10.0. The SMILES string of the molecule is CCC(=O)C(CCCCNC(=O)CCCCC(C)C)NC. The molecule has 0 heterocycles. The fraction of sp³-hybridized carbons (Fsp3) is 0.882. The molecule has 0 radical (unpaired) electrons. The number of Topliss-reactive ketones (excluding diaryl/α,β-unsaturated/α-hetero) is 1. The summed E-state index contributed by atoms with van der Waals surface area (Å²) in [7, 11) is 1.83. The highest BCUT2D eigenvalue weighted by atomic mass is 16.1. The van der Waals surface area contributed by atoms with Gasteiger partial charge in [-0.05, 0) is 38.6 Å². The molecule has 4 nitrogen and oxygen atoms in total. The minimum absolute atomic E-state index is 0.0262. The van der Waals surface area contributed by atoms with E-state index in [0.29, 0.717) is 12.8 Å². The molecule has 0 aliphatic carbocycles. The van der Waals surface area contributed by atoms with Crippen molar-refractivity contribution < 1.29 is 9.59 Å². The van der Waals surface area contributed by atoms with Crippen LogP contribution in [0.15, 0.2) is 0 Å². The summed E-state index contributed by atoms with van der Waals surface area (Å²) in [6, 6.07) is -0.0262. The van der Waals surface area contributed by atoms with Gasteiger partial charge in [0.05, 0.1) is 6.04 Å². The topological polar surface area (TPSA) is 58.2 Å². The van der Waals surface area contributed by atoms with Crippen molar-refractivity contribution in [3.8, 4) is 0 Å². The molecule has 0 aromatic heterocycles. The third-order valence-electron chi connectivity index (χ3n) is 3.76. The van der Waals surface area contributed by atoms with E-state index in [1.807, 2.05) is 14.0 Å². The monoisotopic (exact) mass is 298 g/mol. The lowest BCUT2D eigenvalue weighted by Gasteiger charge is -2.13. The highest BCUT2D eigenvalue weighted by molar-refractivity contribution is 5.83. The molecule has 1 unspecified atom stereocenters. The van der Waals surface area contributed by atoms with Gasteiger partial charge in [-0.3, -0.25) is 9.59 Å². The van der Waals surface area contributed by atoms with Gasteiger partial charge in [0.1, 0.15) is 5.78 Å². The van der Waals surface area contributed by atoms with Crippen LogP contribution in [0.4, 0.5) is 0 Å². The van der Waals surface area contributed by atoms with Gasteiger partial charge in [0.2, 0.25) is 5.91 Å². The third kappa shape index (κ3) is 11.4. The van der Waals surface area contributed by atoms with Gasteiger partial charge in [-0.15, -0.1) is 0 Å². The van der Waals surface area contributed by atoms with Crippen molar-refractivity contribution in [2.45, 2.75) is 78.2 Å². The van der Waals surface area contributed by atoms with Gasteiger partial charge in [0, 0.05) is 19.4 Å². The summed E-state index contributed by atoms with van der Waals surface area (Å²) in [4.78, 5) is 23.2. The van der Waals surface area contributed by atoms with Gasteiger partial charge >= 0.3 is 0 Å². The van der Waals surface area contributed by atoms with Crippen molar-refractivity contribution in [2.24, 2.45) is 5.92 Å². The summed E-state index contributed by atoms with van der Waals surface area (Å²) in [6.45, 7) is 7.04. The Balaban J connectivity index is 3.53. The van der Waals surface area contributed by atoms with E-state index in [9.17, 15) is 9.59 Å². The lowest BCUT2D eigenvalue weighted by Crippen LogP contribution is -2.33. The standard InChI is InChI=1S/C17H34N2O2/c1-5-16(20)15(18-4)11-8-9-13-19-17(21)12-7-6-10-14(2)3/h14-15,18H,5-13H2,1-4H3,(H,19,21). The normalized spacial score (nSPS) is 12.4. The van der Waals surface area contributed by atoms with Gasteiger partial charge in [-0.25, -0.2) is 0 Å². The summed E-state index contributed by atoms with van der Waals surface area (Å²) < 4.78 is 0. The smallest absolute Gasteiger partial charge is 0.219 e. The summed E-state index contributed by atoms with van der Waals surface area (Å²) in [6.07, 6.45) is 7.29. The predicted octanol–water partition coefficient (Wildman–Crippen LogP) is 3.06. The van der Waals surface area contributed by atoms with E-state index in [1.54, 1.807) is 0 Å². The van der Waals surface area contributed by atoms with E-state index in [-0.39, 0.29) is 17.7 Å². The van der Waals surface area contributed by atoms with Crippen LogP contribution < -0.4 is 10.6 Å². The first-order valence-electron chi connectivity index (χ1n) is 8.47. The molecule has 2 N–H and O–H groups in total. The van der Waals surface area contributed by atoms with E-state index in [4.69, 9.17) is 0 Å². The molecule has 4 heteroatoms. The number of nitrogens with one attached hydrogen (secondary N) is 2. The summed E-state index contributed by atoms with van der Waals surface area (Å²) in [5.74, 6) is 1.15. The maximum absolute atomic E-state index is 11.6. The van der Waals surface area contributed by atoms with Gasteiger partial charge in [0.25, 0.3) is 0 Å². The molecular weight excluding hydrogens is 264 g/mol. The Morgan fingerprint density at radius 1 is 1.00 bits per heavy atom. The molecule has 0 saturated carbocycles. The van der Waals surface area contributed by atoms with Crippen molar-refractivity contribution in [3.05, 3.63) is 0 Å². The second kappa shape index (κ2) is 12.8. The first-order valence-corrected chi connectivity index (χ1v) is 8.47. The quantitative estimate of drug-likeness (QED) is 0.514. The highest BCUT2D eigenvalue weighted by Crippen LogP contribution is 2.08. The van der Waals surface area contributed by atoms with Crippen LogP contribution in [0, 0.1) is 5.92 Å². The van der Waals surface area contributed by atoms with E-state index < -0.39 is 0 Å². The fourth-order valence-corrected chi connectivity index (χ4v) is 2.34. The van der Waals surface area contributed by atoms with Gasteiger partial charge < -0.3 is 10.6 Å². The van der Waals surface area contributed by atoms with Crippen LogP contribution in [-0.4, -0.2) is 31.3 Å². The van der Waals surface area contributed by atoms with Crippen LogP contribution in [0.2, 0.25) is 0 Å². The zero-order valence-electron chi connectivity index (χ0n) is 14.3. The summed E-state index contributed by atoms with van der Waals surface area (Å²) in [5, 5.41) is 6.02. The number of amides is 1. The van der Waals surface area contributed by atoms with Crippen LogP contribution in [0.5, 0.6) is 0 Å². The Morgan fingerprint density at radius 2 is 1.67 bits per heavy atom. The molecule has 0 fully saturated rings. The molecule has 0 aromatic carbocycles. The molecule has 0 spiro atoms. The van der Waals surface area contributed by atoms with Crippen LogP contribution >= 0.6 is 0 Å². The van der Waals surface area contributed by atoms with Crippen molar-refractivity contribution in [1.29, 1.82) is 0 Å². The summed E-state index contributed by atoms with van der Waals surface area (Å²) >= 11 is 0. The maximum atomic E-state index is 11.6. The minimum atomic E-state index is -0.0262. The number of carbonyl (C=O) groups is 2. The van der Waals surface area contributed by atoms with Crippen LogP contribution in [0.3, 0.4) is 0 Å². The molecule has 0 rings (SSSR count). The number of carbonyl (C=O) groups excluding carboxylic acids is 2. The van der Waals surface area contributed by atoms with Gasteiger partial charge in [0.15, 0.2) is 0 Å². The zero-order chi connectivity index (χ0) is 16.1. The first-order chi connectivity index (χ1) is 10.0. The third-order valence-corrected chi connectivity index (χ3v) is 3.76. The number of likely N-dealkylation sites (N-methyl/N-ethyl adjacent to an activating group) is 1. The highest BCUT2D eigenvalue weighted by Gasteiger charge is 2.13.